The Morgan fingerprint density at radius 3 is 2.44 bits per heavy atom. The summed E-state index contributed by atoms with van der Waals surface area (Å²) in [5, 5.41) is 9.44. The summed E-state index contributed by atoms with van der Waals surface area (Å²) in [6, 6.07) is 1.80. The monoisotopic (exact) mass is 228 g/mol. The summed E-state index contributed by atoms with van der Waals surface area (Å²) in [5.41, 5.74) is 0.132. The summed E-state index contributed by atoms with van der Waals surface area (Å²) < 4.78 is 36.5. The van der Waals surface area contributed by atoms with Crippen molar-refractivity contribution in [3.63, 3.8) is 0 Å². The predicted octanol–water partition coefficient (Wildman–Crippen LogP) is 2.53. The van der Waals surface area contributed by atoms with Gasteiger partial charge < -0.3 is 14.6 Å². The highest BCUT2D eigenvalue weighted by Crippen LogP contribution is 2.32. The molecule has 1 aromatic carbocycles. The van der Waals surface area contributed by atoms with E-state index in [0.29, 0.717) is 6.07 Å². The van der Waals surface area contributed by atoms with Crippen LogP contribution in [0.4, 0.5) is 8.78 Å². The number of ether oxygens (including phenoxy) is 2. The van der Waals surface area contributed by atoms with Crippen molar-refractivity contribution < 1.29 is 23.4 Å². The number of hydrogen-bond acceptors (Lipinski definition) is 3. The molecule has 1 aliphatic heterocycles. The van der Waals surface area contributed by atoms with Crippen LogP contribution in [0.15, 0.2) is 24.7 Å². The van der Waals surface area contributed by atoms with Gasteiger partial charge in [-0.25, -0.2) is 8.78 Å². The molecule has 2 rings (SSSR count). The van der Waals surface area contributed by atoms with Crippen molar-refractivity contribution >= 4 is 0 Å². The molecule has 1 aromatic rings. The van der Waals surface area contributed by atoms with Gasteiger partial charge in [0, 0.05) is 17.2 Å². The van der Waals surface area contributed by atoms with Crippen LogP contribution in [0.1, 0.15) is 30.4 Å². The van der Waals surface area contributed by atoms with E-state index in [1.807, 2.05) is 0 Å². The second-order valence-electron chi connectivity index (χ2n) is 3.44. The highest BCUT2D eigenvalue weighted by atomic mass is 19.1. The van der Waals surface area contributed by atoms with E-state index < -0.39 is 24.0 Å². The molecule has 5 heteroatoms. The lowest BCUT2D eigenvalue weighted by atomic mass is 10.0. The molecule has 0 saturated heterocycles. The predicted molar refractivity (Wildman–Crippen MR) is 51.0 cm³/mol. The number of hydrogen-bond donors (Lipinski definition) is 1. The molecule has 1 N–H and O–H groups in total. The summed E-state index contributed by atoms with van der Waals surface area (Å²) in [4.78, 5) is 0. The first-order chi connectivity index (χ1) is 7.59. The summed E-state index contributed by atoms with van der Waals surface area (Å²) in [5.74, 6) is -1.56. The number of benzene rings is 1. The quantitative estimate of drug-likeness (QED) is 0.845. The van der Waals surface area contributed by atoms with Gasteiger partial charge in [-0.3, -0.25) is 0 Å². The minimum atomic E-state index is -1.07. The van der Waals surface area contributed by atoms with Gasteiger partial charge in [0.15, 0.2) is 0 Å². The highest BCUT2D eigenvalue weighted by molar-refractivity contribution is 5.32. The third-order valence-electron chi connectivity index (χ3n) is 2.26. The first-order valence-electron chi connectivity index (χ1n) is 4.72. The molecule has 1 heterocycles. The zero-order valence-electron chi connectivity index (χ0n) is 8.48. The molecule has 0 aliphatic carbocycles. The number of aliphatic hydroxyl groups excluding tert-OH is 1. The topological polar surface area (TPSA) is 38.7 Å². The Hall–Kier alpha value is -1.62. The molecule has 0 spiro atoms. The van der Waals surface area contributed by atoms with E-state index >= 15 is 0 Å². The summed E-state index contributed by atoms with van der Waals surface area (Å²) in [7, 11) is 0. The molecule has 0 fully saturated rings. The maximum Gasteiger partial charge on any atom is 0.266 e. The lowest BCUT2D eigenvalue weighted by molar-refractivity contribution is -0.0271. The molecule has 0 amide bonds. The molecule has 1 atom stereocenters. The normalized spacial score (nSPS) is 17.0. The summed E-state index contributed by atoms with van der Waals surface area (Å²) in [6.45, 7) is 1.39. The molecule has 0 radical (unpaired) electrons. The Bertz CT molecular complexity index is 421. The Kier molecular flexibility index (Phi) is 2.78. The van der Waals surface area contributed by atoms with E-state index in [4.69, 9.17) is 9.47 Å². The number of aliphatic hydroxyl groups is 1. The van der Waals surface area contributed by atoms with Crippen molar-refractivity contribution in [3.8, 4) is 0 Å². The van der Waals surface area contributed by atoms with Crippen LogP contribution in [0.2, 0.25) is 0 Å². The Morgan fingerprint density at radius 1 is 1.25 bits per heavy atom. The maximum atomic E-state index is 13.5. The Labute approximate surface area is 90.9 Å². The van der Waals surface area contributed by atoms with E-state index in [2.05, 4.69) is 0 Å². The SMILES string of the molecule is CC(O)c1c(F)cc(F)cc1C1OC=CO1. The molecular weight excluding hydrogens is 218 g/mol. The average Bonchev–Trinajstić information content (AvgIpc) is 2.67. The number of rotatable bonds is 2. The summed E-state index contributed by atoms with van der Waals surface area (Å²) >= 11 is 0. The molecule has 86 valence electrons. The lowest BCUT2D eigenvalue weighted by Gasteiger charge is -2.17. The van der Waals surface area contributed by atoms with Gasteiger partial charge in [0.2, 0.25) is 0 Å². The standard InChI is InChI=1S/C11H10F2O3/c1-6(14)10-8(11-15-2-3-16-11)4-7(12)5-9(10)13/h2-6,11,14H,1H3. The van der Waals surface area contributed by atoms with Crippen LogP contribution in [0.5, 0.6) is 0 Å². The molecular formula is C11H10F2O3. The van der Waals surface area contributed by atoms with Crippen molar-refractivity contribution in [2.75, 3.05) is 0 Å². The largest absolute Gasteiger partial charge is 0.455 e. The van der Waals surface area contributed by atoms with Crippen molar-refractivity contribution in [1.82, 2.24) is 0 Å². The third kappa shape index (κ3) is 1.86. The Morgan fingerprint density at radius 2 is 1.88 bits per heavy atom. The molecule has 16 heavy (non-hydrogen) atoms. The van der Waals surface area contributed by atoms with E-state index in [9.17, 15) is 13.9 Å². The van der Waals surface area contributed by atoms with Gasteiger partial charge in [-0.2, -0.15) is 0 Å². The van der Waals surface area contributed by atoms with Gasteiger partial charge >= 0.3 is 0 Å². The smallest absolute Gasteiger partial charge is 0.266 e. The van der Waals surface area contributed by atoms with Crippen LogP contribution >= 0.6 is 0 Å². The van der Waals surface area contributed by atoms with Gasteiger partial charge in [0.05, 0.1) is 6.10 Å². The first kappa shape index (κ1) is 10.9. The van der Waals surface area contributed by atoms with Crippen LogP contribution in [-0.2, 0) is 9.47 Å². The number of halogens is 2. The second-order valence-corrected chi connectivity index (χ2v) is 3.44. The average molecular weight is 228 g/mol. The van der Waals surface area contributed by atoms with Crippen LogP contribution in [0, 0.1) is 11.6 Å². The van der Waals surface area contributed by atoms with Crippen molar-refractivity contribution in [2.24, 2.45) is 0 Å². The minimum absolute atomic E-state index is 0.0184. The van der Waals surface area contributed by atoms with Crippen LogP contribution < -0.4 is 0 Å². The second kappa shape index (κ2) is 4.09. The van der Waals surface area contributed by atoms with Gasteiger partial charge in [0.25, 0.3) is 6.29 Å². The van der Waals surface area contributed by atoms with Crippen LogP contribution in [-0.4, -0.2) is 5.11 Å². The van der Waals surface area contributed by atoms with Crippen molar-refractivity contribution in [2.45, 2.75) is 19.3 Å². The van der Waals surface area contributed by atoms with Crippen LogP contribution in [0.3, 0.4) is 0 Å². The van der Waals surface area contributed by atoms with Gasteiger partial charge in [0.1, 0.15) is 24.2 Å². The fourth-order valence-corrected chi connectivity index (χ4v) is 1.63. The molecule has 1 unspecified atom stereocenters. The third-order valence-corrected chi connectivity index (χ3v) is 2.26. The molecule has 0 bridgehead atoms. The van der Waals surface area contributed by atoms with Gasteiger partial charge in [-0.15, -0.1) is 0 Å². The van der Waals surface area contributed by atoms with E-state index in [1.165, 1.54) is 19.4 Å². The van der Waals surface area contributed by atoms with Crippen molar-refractivity contribution in [1.29, 1.82) is 0 Å². The summed E-state index contributed by atoms with van der Waals surface area (Å²) in [6.07, 6.45) is 0.580. The lowest BCUT2D eigenvalue weighted by Crippen LogP contribution is -2.08. The Balaban J connectivity index is 2.48. The first-order valence-corrected chi connectivity index (χ1v) is 4.72. The van der Waals surface area contributed by atoms with E-state index in [1.54, 1.807) is 0 Å². The zero-order valence-corrected chi connectivity index (χ0v) is 8.48. The molecule has 0 aromatic heterocycles. The van der Waals surface area contributed by atoms with E-state index in [-0.39, 0.29) is 11.1 Å². The van der Waals surface area contributed by atoms with Crippen molar-refractivity contribution in [3.05, 3.63) is 47.4 Å². The highest BCUT2D eigenvalue weighted by Gasteiger charge is 2.25. The molecule has 0 saturated carbocycles. The molecule has 1 aliphatic rings. The van der Waals surface area contributed by atoms with Gasteiger partial charge in [-0.1, -0.05) is 0 Å². The molecule has 3 nitrogen and oxygen atoms in total. The van der Waals surface area contributed by atoms with E-state index in [0.717, 1.165) is 6.07 Å². The minimum Gasteiger partial charge on any atom is -0.455 e. The maximum absolute atomic E-state index is 13.5. The van der Waals surface area contributed by atoms with Crippen LogP contribution in [0.25, 0.3) is 0 Å². The van der Waals surface area contributed by atoms with Gasteiger partial charge in [-0.05, 0) is 13.0 Å². The fourth-order valence-electron chi connectivity index (χ4n) is 1.63. The zero-order chi connectivity index (χ0) is 11.7. The fraction of sp³-hybridized carbons (Fsp3) is 0.273.